The zero-order valence-corrected chi connectivity index (χ0v) is 12.9. The van der Waals surface area contributed by atoms with Gasteiger partial charge in [-0.15, -0.1) is 0 Å². The van der Waals surface area contributed by atoms with Crippen LogP contribution in [0.3, 0.4) is 0 Å². The van der Waals surface area contributed by atoms with Crippen molar-refractivity contribution in [3.63, 3.8) is 0 Å². The Kier molecular flexibility index (Phi) is 13.0. The van der Waals surface area contributed by atoms with E-state index < -0.39 is 0 Å². The molecule has 0 aromatic heterocycles. The van der Waals surface area contributed by atoms with Crippen LogP contribution in [0.2, 0.25) is 0 Å². The number of hydrazine groups is 1. The van der Waals surface area contributed by atoms with E-state index in [0.29, 0.717) is 12.0 Å². The smallest absolute Gasteiger partial charge is 0.205 e. The van der Waals surface area contributed by atoms with Crippen molar-refractivity contribution in [2.45, 2.75) is 65.3 Å². The van der Waals surface area contributed by atoms with Crippen molar-refractivity contribution in [1.29, 1.82) is 0 Å². The van der Waals surface area contributed by atoms with E-state index in [1.807, 2.05) is 6.92 Å². The van der Waals surface area contributed by atoms with Gasteiger partial charge in [0.1, 0.15) is 0 Å². The number of nitrogens with two attached hydrogens (primary N) is 1. The van der Waals surface area contributed by atoms with Crippen molar-refractivity contribution in [3.05, 3.63) is 0 Å². The van der Waals surface area contributed by atoms with E-state index in [0.717, 1.165) is 32.6 Å². The number of rotatable bonds is 11. The molecular weight excluding hydrogens is 240 g/mol. The molecule has 5 nitrogen and oxygen atoms in total. The number of hydrogen-bond acceptors (Lipinski definition) is 3. The molecule has 0 heterocycles. The van der Waals surface area contributed by atoms with Gasteiger partial charge in [0.15, 0.2) is 0 Å². The van der Waals surface area contributed by atoms with Crippen LogP contribution in [0.4, 0.5) is 0 Å². The summed E-state index contributed by atoms with van der Waals surface area (Å²) in [6.07, 6.45) is 6.87. The summed E-state index contributed by atoms with van der Waals surface area (Å²) in [7, 11) is 0. The number of guanidine groups is 1. The fourth-order valence-corrected chi connectivity index (χ4v) is 1.92. The van der Waals surface area contributed by atoms with E-state index in [4.69, 9.17) is 10.6 Å². The van der Waals surface area contributed by atoms with Gasteiger partial charge in [-0.05, 0) is 26.2 Å². The normalized spacial score (nSPS) is 13.4. The van der Waals surface area contributed by atoms with Gasteiger partial charge in [-0.1, -0.05) is 33.1 Å². The lowest BCUT2D eigenvalue weighted by Gasteiger charge is -2.20. The molecule has 0 aliphatic carbocycles. The first-order valence-corrected chi connectivity index (χ1v) is 7.63. The second-order valence-electron chi connectivity index (χ2n) is 4.70. The Bertz CT molecular complexity index is 221. The Morgan fingerprint density at radius 1 is 1.16 bits per heavy atom. The molecule has 114 valence electrons. The molecule has 0 fully saturated rings. The number of unbranched alkanes of at least 4 members (excludes halogenated alkanes) is 1. The molecule has 0 aromatic carbocycles. The molecule has 0 rings (SSSR count). The highest BCUT2D eigenvalue weighted by Crippen LogP contribution is 2.06. The molecule has 0 bridgehead atoms. The van der Waals surface area contributed by atoms with E-state index in [1.165, 1.54) is 25.7 Å². The van der Waals surface area contributed by atoms with Crippen LogP contribution in [-0.4, -0.2) is 31.8 Å². The minimum Gasteiger partial charge on any atom is -0.382 e. The summed E-state index contributed by atoms with van der Waals surface area (Å²) in [6.45, 7) is 8.67. The Morgan fingerprint density at radius 2 is 1.95 bits per heavy atom. The molecule has 0 saturated heterocycles. The van der Waals surface area contributed by atoms with Gasteiger partial charge in [-0.3, -0.25) is 10.4 Å². The van der Waals surface area contributed by atoms with Crippen molar-refractivity contribution in [2.24, 2.45) is 10.8 Å². The van der Waals surface area contributed by atoms with Gasteiger partial charge in [0, 0.05) is 25.8 Å². The Hall–Kier alpha value is -0.810. The van der Waals surface area contributed by atoms with Crippen LogP contribution in [-0.2, 0) is 4.74 Å². The van der Waals surface area contributed by atoms with Gasteiger partial charge in [0.05, 0.1) is 0 Å². The summed E-state index contributed by atoms with van der Waals surface area (Å²) < 4.78 is 5.28. The zero-order chi connectivity index (χ0) is 14.3. The minimum absolute atomic E-state index is 0.464. The lowest BCUT2D eigenvalue weighted by atomic mass is 10.1. The third-order valence-electron chi connectivity index (χ3n) is 2.94. The van der Waals surface area contributed by atoms with E-state index >= 15 is 0 Å². The van der Waals surface area contributed by atoms with E-state index in [2.05, 4.69) is 29.6 Å². The largest absolute Gasteiger partial charge is 0.382 e. The Morgan fingerprint density at radius 3 is 2.53 bits per heavy atom. The van der Waals surface area contributed by atoms with Gasteiger partial charge < -0.3 is 10.1 Å². The van der Waals surface area contributed by atoms with Crippen LogP contribution >= 0.6 is 0 Å². The SMILES string of the molecule is CCCCC(CCC)NC(=NCCCOCC)NN. The number of aliphatic imine (C=N–C) groups is 1. The maximum Gasteiger partial charge on any atom is 0.205 e. The standard InChI is InChI=1S/C14H32N4O/c1-4-7-10-13(9-5-2)17-14(18-15)16-11-8-12-19-6-3/h13H,4-12,15H2,1-3H3,(H2,16,17,18). The zero-order valence-electron chi connectivity index (χ0n) is 12.9. The third kappa shape index (κ3) is 10.8. The number of ether oxygens (including phenoxy) is 1. The highest BCUT2D eigenvalue weighted by atomic mass is 16.5. The summed E-state index contributed by atoms with van der Waals surface area (Å²) >= 11 is 0. The molecule has 0 aromatic rings. The van der Waals surface area contributed by atoms with Gasteiger partial charge in [-0.25, -0.2) is 5.84 Å². The second-order valence-corrected chi connectivity index (χ2v) is 4.70. The van der Waals surface area contributed by atoms with Crippen LogP contribution < -0.4 is 16.6 Å². The van der Waals surface area contributed by atoms with Crippen molar-refractivity contribution in [1.82, 2.24) is 10.7 Å². The fraction of sp³-hybridized carbons (Fsp3) is 0.929. The molecule has 0 spiro atoms. The summed E-state index contributed by atoms with van der Waals surface area (Å²) in [5.74, 6) is 6.21. The average Bonchev–Trinajstić information content (AvgIpc) is 2.43. The summed E-state index contributed by atoms with van der Waals surface area (Å²) in [4.78, 5) is 4.43. The van der Waals surface area contributed by atoms with Crippen LogP contribution in [0.5, 0.6) is 0 Å². The molecule has 19 heavy (non-hydrogen) atoms. The van der Waals surface area contributed by atoms with Crippen LogP contribution in [0.25, 0.3) is 0 Å². The maximum absolute atomic E-state index is 5.51. The summed E-state index contributed by atoms with van der Waals surface area (Å²) in [5.41, 5.74) is 2.66. The van der Waals surface area contributed by atoms with Gasteiger partial charge in [0.25, 0.3) is 0 Å². The highest BCUT2D eigenvalue weighted by molar-refractivity contribution is 5.79. The molecule has 5 heteroatoms. The van der Waals surface area contributed by atoms with Crippen LogP contribution in [0.15, 0.2) is 4.99 Å². The predicted octanol–water partition coefficient (Wildman–Crippen LogP) is 2.18. The quantitative estimate of drug-likeness (QED) is 0.177. The van der Waals surface area contributed by atoms with E-state index in [1.54, 1.807) is 0 Å². The second kappa shape index (κ2) is 13.6. The first-order chi connectivity index (χ1) is 9.28. The molecule has 0 radical (unpaired) electrons. The fourth-order valence-electron chi connectivity index (χ4n) is 1.92. The molecular formula is C14H32N4O. The van der Waals surface area contributed by atoms with Crippen molar-refractivity contribution >= 4 is 5.96 Å². The molecule has 0 saturated carbocycles. The lowest BCUT2D eigenvalue weighted by Crippen LogP contribution is -2.46. The Balaban J connectivity index is 4.05. The van der Waals surface area contributed by atoms with Gasteiger partial charge >= 0.3 is 0 Å². The topological polar surface area (TPSA) is 71.7 Å². The minimum atomic E-state index is 0.464. The molecule has 1 atom stereocenters. The summed E-state index contributed by atoms with van der Waals surface area (Å²) in [6, 6.07) is 0.464. The van der Waals surface area contributed by atoms with Crippen molar-refractivity contribution in [2.75, 3.05) is 19.8 Å². The first kappa shape index (κ1) is 18.2. The average molecular weight is 272 g/mol. The monoisotopic (exact) mass is 272 g/mol. The van der Waals surface area contributed by atoms with Gasteiger partial charge in [-0.2, -0.15) is 0 Å². The van der Waals surface area contributed by atoms with Crippen LogP contribution in [0.1, 0.15) is 59.3 Å². The van der Waals surface area contributed by atoms with Crippen molar-refractivity contribution < 1.29 is 4.74 Å². The Labute approximate surface area is 118 Å². The number of nitrogens with zero attached hydrogens (tertiary/aromatic N) is 1. The molecule has 1 unspecified atom stereocenters. The number of nitrogens with one attached hydrogen (secondary N) is 2. The van der Waals surface area contributed by atoms with E-state index in [9.17, 15) is 0 Å². The van der Waals surface area contributed by atoms with Gasteiger partial charge in [0.2, 0.25) is 5.96 Å². The van der Waals surface area contributed by atoms with Crippen LogP contribution in [0, 0.1) is 0 Å². The maximum atomic E-state index is 5.51. The highest BCUT2D eigenvalue weighted by Gasteiger charge is 2.08. The number of hydrogen-bond donors (Lipinski definition) is 3. The first-order valence-electron chi connectivity index (χ1n) is 7.63. The summed E-state index contributed by atoms with van der Waals surface area (Å²) in [5, 5.41) is 3.40. The molecule has 0 amide bonds. The van der Waals surface area contributed by atoms with Crippen molar-refractivity contribution in [3.8, 4) is 0 Å². The molecule has 0 aliphatic heterocycles. The van der Waals surface area contributed by atoms with E-state index in [-0.39, 0.29) is 0 Å². The third-order valence-corrected chi connectivity index (χ3v) is 2.94. The predicted molar refractivity (Wildman–Crippen MR) is 82.1 cm³/mol. The molecule has 0 aliphatic rings. The molecule has 4 N–H and O–H groups in total. The lowest BCUT2D eigenvalue weighted by molar-refractivity contribution is 0.146.